The smallest absolute Gasteiger partial charge is 0.308 e. The first-order chi connectivity index (χ1) is 7.91. The Morgan fingerprint density at radius 3 is 2.53 bits per heavy atom. The van der Waals surface area contributed by atoms with Crippen LogP contribution in [-0.2, 0) is 0 Å². The van der Waals surface area contributed by atoms with Gasteiger partial charge >= 0.3 is 5.70 Å². The number of nitro groups is 1. The van der Waals surface area contributed by atoms with E-state index >= 15 is 0 Å². The summed E-state index contributed by atoms with van der Waals surface area (Å²) in [5.41, 5.74) is 1.97. The Morgan fingerprint density at radius 1 is 1.41 bits per heavy atom. The van der Waals surface area contributed by atoms with Crippen LogP contribution in [0.2, 0.25) is 0 Å². The summed E-state index contributed by atoms with van der Waals surface area (Å²) in [7, 11) is 0. The van der Waals surface area contributed by atoms with E-state index in [0.717, 1.165) is 11.3 Å². The van der Waals surface area contributed by atoms with E-state index in [9.17, 15) is 10.1 Å². The van der Waals surface area contributed by atoms with Crippen molar-refractivity contribution in [2.75, 3.05) is 5.32 Å². The number of allylic oxidation sites excluding steroid dienone is 2. The lowest BCUT2D eigenvalue weighted by Crippen LogP contribution is -2.13. The van der Waals surface area contributed by atoms with E-state index in [1.807, 2.05) is 31.2 Å². The van der Waals surface area contributed by atoms with E-state index in [0.29, 0.717) is 5.70 Å². The maximum absolute atomic E-state index is 10.8. The molecular formula is C12H15N3O2. The fraction of sp³-hybridized carbons (Fsp3) is 0.250. The third-order valence-electron chi connectivity index (χ3n) is 2.24. The van der Waals surface area contributed by atoms with Gasteiger partial charge < -0.3 is 5.32 Å². The van der Waals surface area contributed by atoms with Crippen molar-refractivity contribution < 1.29 is 4.92 Å². The number of nitrogens with one attached hydrogen (secondary N) is 2. The van der Waals surface area contributed by atoms with Gasteiger partial charge in [-0.1, -0.05) is 12.1 Å². The number of rotatable bonds is 4. The summed E-state index contributed by atoms with van der Waals surface area (Å²) < 4.78 is 0. The molecule has 0 saturated carbocycles. The van der Waals surface area contributed by atoms with Crippen LogP contribution >= 0.6 is 0 Å². The third kappa shape index (κ3) is 3.41. The molecule has 0 aliphatic rings. The second-order valence-corrected chi connectivity index (χ2v) is 3.85. The Bertz CT molecular complexity index is 476. The van der Waals surface area contributed by atoms with Crippen LogP contribution in [0.1, 0.15) is 19.4 Å². The Labute approximate surface area is 99.8 Å². The molecule has 0 spiro atoms. The third-order valence-corrected chi connectivity index (χ3v) is 2.24. The molecule has 0 aliphatic heterocycles. The lowest BCUT2D eigenvalue weighted by Gasteiger charge is -2.08. The molecule has 0 atom stereocenters. The van der Waals surface area contributed by atoms with Crippen molar-refractivity contribution in [1.82, 2.24) is 0 Å². The molecule has 0 saturated heterocycles. The van der Waals surface area contributed by atoms with Crippen molar-refractivity contribution >= 4 is 11.4 Å². The van der Waals surface area contributed by atoms with Crippen LogP contribution in [0.3, 0.4) is 0 Å². The van der Waals surface area contributed by atoms with Crippen LogP contribution in [0.4, 0.5) is 5.69 Å². The minimum absolute atomic E-state index is 0.0624. The SMILES string of the molecule is CC(=N)/C(=C(/C)Nc1cccc(C)c1)[N+](=O)[O-]. The quantitative estimate of drug-likeness (QED) is 0.476. The average molecular weight is 233 g/mol. The standard InChI is InChI=1S/C12H15N3O2/c1-8-5-4-6-11(7-8)14-10(3)12(9(2)13)15(16)17/h4-7,13-14H,1-3H3/b12-10+,13-9?. The summed E-state index contributed by atoms with van der Waals surface area (Å²) >= 11 is 0. The number of aryl methyl sites for hydroxylation is 1. The zero-order valence-electron chi connectivity index (χ0n) is 10.1. The second kappa shape index (κ2) is 5.25. The molecule has 1 rings (SSSR count). The highest BCUT2D eigenvalue weighted by molar-refractivity contribution is 5.94. The van der Waals surface area contributed by atoms with Gasteiger partial charge in [0, 0.05) is 5.69 Å². The topological polar surface area (TPSA) is 79.0 Å². The monoisotopic (exact) mass is 233 g/mol. The first-order valence-electron chi connectivity index (χ1n) is 5.16. The highest BCUT2D eigenvalue weighted by Gasteiger charge is 2.18. The predicted molar refractivity (Wildman–Crippen MR) is 67.9 cm³/mol. The Kier molecular flexibility index (Phi) is 3.98. The van der Waals surface area contributed by atoms with Crippen molar-refractivity contribution in [3.63, 3.8) is 0 Å². The molecule has 0 radical (unpaired) electrons. The molecule has 2 N–H and O–H groups in total. The molecule has 0 fully saturated rings. The van der Waals surface area contributed by atoms with Crippen LogP contribution in [0.25, 0.3) is 0 Å². The summed E-state index contributed by atoms with van der Waals surface area (Å²) in [6.45, 7) is 4.94. The van der Waals surface area contributed by atoms with E-state index < -0.39 is 4.92 Å². The highest BCUT2D eigenvalue weighted by Crippen LogP contribution is 2.14. The van der Waals surface area contributed by atoms with E-state index in [1.165, 1.54) is 6.92 Å². The molecule has 0 heterocycles. The maximum Gasteiger partial charge on any atom is 0.308 e. The van der Waals surface area contributed by atoms with Crippen LogP contribution in [-0.4, -0.2) is 10.6 Å². The van der Waals surface area contributed by atoms with Gasteiger partial charge in [0.05, 0.1) is 10.6 Å². The normalized spacial score (nSPS) is 11.7. The number of hydrogen-bond donors (Lipinski definition) is 2. The number of nitrogens with zero attached hydrogens (tertiary/aromatic N) is 1. The molecule has 17 heavy (non-hydrogen) atoms. The molecule has 1 aromatic carbocycles. The molecule has 1 aromatic rings. The Hall–Kier alpha value is -2.17. The predicted octanol–water partition coefficient (Wildman–Crippen LogP) is 2.95. The molecule has 0 bridgehead atoms. The van der Waals surface area contributed by atoms with E-state index in [2.05, 4.69) is 5.32 Å². The van der Waals surface area contributed by atoms with Crippen molar-refractivity contribution in [3.05, 3.63) is 51.3 Å². The molecule has 0 unspecified atom stereocenters. The Balaban J connectivity index is 3.04. The molecular weight excluding hydrogens is 218 g/mol. The first-order valence-corrected chi connectivity index (χ1v) is 5.16. The summed E-state index contributed by atoms with van der Waals surface area (Å²) in [4.78, 5) is 10.3. The largest absolute Gasteiger partial charge is 0.353 e. The lowest BCUT2D eigenvalue weighted by atomic mass is 10.2. The second-order valence-electron chi connectivity index (χ2n) is 3.85. The summed E-state index contributed by atoms with van der Waals surface area (Å²) in [6.07, 6.45) is 0. The van der Waals surface area contributed by atoms with E-state index in [4.69, 9.17) is 5.41 Å². The molecule has 0 aliphatic carbocycles. The minimum atomic E-state index is -0.541. The zero-order chi connectivity index (χ0) is 13.0. The first kappa shape index (κ1) is 12.9. The van der Waals surface area contributed by atoms with Crippen molar-refractivity contribution in [3.8, 4) is 0 Å². The number of hydrogen-bond acceptors (Lipinski definition) is 4. The minimum Gasteiger partial charge on any atom is -0.353 e. The van der Waals surface area contributed by atoms with Crippen molar-refractivity contribution in [2.24, 2.45) is 0 Å². The van der Waals surface area contributed by atoms with Gasteiger partial charge in [-0.3, -0.25) is 15.5 Å². The maximum atomic E-state index is 10.8. The molecule has 5 nitrogen and oxygen atoms in total. The van der Waals surface area contributed by atoms with Crippen molar-refractivity contribution in [1.29, 1.82) is 5.41 Å². The molecule has 90 valence electrons. The fourth-order valence-corrected chi connectivity index (χ4v) is 1.55. The van der Waals surface area contributed by atoms with E-state index in [1.54, 1.807) is 6.92 Å². The van der Waals surface area contributed by atoms with Crippen LogP contribution in [0, 0.1) is 22.4 Å². The van der Waals surface area contributed by atoms with Gasteiger partial charge in [0.15, 0.2) is 0 Å². The summed E-state index contributed by atoms with van der Waals surface area (Å²) in [5.74, 6) is 0. The van der Waals surface area contributed by atoms with Gasteiger partial charge in [0.25, 0.3) is 0 Å². The zero-order valence-corrected chi connectivity index (χ0v) is 10.1. The highest BCUT2D eigenvalue weighted by atomic mass is 16.6. The average Bonchev–Trinajstić information content (AvgIpc) is 2.15. The number of benzene rings is 1. The van der Waals surface area contributed by atoms with Gasteiger partial charge in [0.2, 0.25) is 0 Å². The van der Waals surface area contributed by atoms with Crippen molar-refractivity contribution in [2.45, 2.75) is 20.8 Å². The van der Waals surface area contributed by atoms with Crippen LogP contribution in [0.15, 0.2) is 35.7 Å². The molecule has 0 amide bonds. The van der Waals surface area contributed by atoms with Gasteiger partial charge in [-0.25, -0.2) is 0 Å². The van der Waals surface area contributed by atoms with Gasteiger partial charge in [0.1, 0.15) is 5.71 Å². The van der Waals surface area contributed by atoms with Crippen LogP contribution in [0.5, 0.6) is 0 Å². The summed E-state index contributed by atoms with van der Waals surface area (Å²) in [6, 6.07) is 7.53. The van der Waals surface area contributed by atoms with E-state index in [-0.39, 0.29) is 11.4 Å². The lowest BCUT2D eigenvalue weighted by molar-refractivity contribution is -0.416. The number of anilines is 1. The van der Waals surface area contributed by atoms with Gasteiger partial charge in [-0.2, -0.15) is 0 Å². The van der Waals surface area contributed by atoms with Gasteiger partial charge in [-0.05, 0) is 38.5 Å². The summed E-state index contributed by atoms with van der Waals surface area (Å²) in [5, 5.41) is 21.1. The fourth-order valence-electron chi connectivity index (χ4n) is 1.55. The molecule has 5 heteroatoms. The Morgan fingerprint density at radius 2 is 2.06 bits per heavy atom. The molecule has 0 aromatic heterocycles. The van der Waals surface area contributed by atoms with Gasteiger partial charge in [-0.15, -0.1) is 0 Å². The van der Waals surface area contributed by atoms with Crippen LogP contribution < -0.4 is 5.32 Å².